The molecular formula is C14H18Cl2N2O2. The van der Waals surface area contributed by atoms with Crippen molar-refractivity contribution in [2.75, 3.05) is 19.6 Å². The van der Waals surface area contributed by atoms with Gasteiger partial charge in [0, 0.05) is 49.0 Å². The van der Waals surface area contributed by atoms with E-state index in [4.69, 9.17) is 11.6 Å². The fourth-order valence-corrected chi connectivity index (χ4v) is 1.97. The summed E-state index contributed by atoms with van der Waals surface area (Å²) in [6.07, 6.45) is 0.470. The van der Waals surface area contributed by atoms with Gasteiger partial charge in [-0.15, -0.1) is 12.4 Å². The van der Waals surface area contributed by atoms with Crippen molar-refractivity contribution in [2.24, 2.45) is 5.92 Å². The van der Waals surface area contributed by atoms with Crippen molar-refractivity contribution in [3.05, 3.63) is 34.9 Å². The number of nitrogens with one attached hydrogen (secondary N) is 2. The minimum Gasteiger partial charge on any atom is -0.356 e. The summed E-state index contributed by atoms with van der Waals surface area (Å²) in [5.41, 5.74) is 0.598. The molecule has 0 atom stereocenters. The molecule has 1 amide bonds. The molecule has 0 aromatic heterocycles. The first-order valence-corrected chi connectivity index (χ1v) is 6.79. The van der Waals surface area contributed by atoms with E-state index in [2.05, 4.69) is 10.6 Å². The summed E-state index contributed by atoms with van der Waals surface area (Å²) in [4.78, 5) is 23.4. The molecule has 1 aliphatic rings. The molecule has 0 radical (unpaired) electrons. The first kappa shape index (κ1) is 17.0. The van der Waals surface area contributed by atoms with Crippen molar-refractivity contribution in [2.45, 2.75) is 12.8 Å². The molecular weight excluding hydrogens is 299 g/mol. The van der Waals surface area contributed by atoms with Crippen LogP contribution in [0.4, 0.5) is 0 Å². The molecule has 110 valence electrons. The molecule has 0 bridgehead atoms. The molecule has 1 aromatic rings. The predicted molar refractivity (Wildman–Crippen MR) is 81.6 cm³/mol. The molecule has 0 aliphatic carbocycles. The lowest BCUT2D eigenvalue weighted by Crippen LogP contribution is -2.48. The number of hydrogen-bond donors (Lipinski definition) is 2. The molecule has 4 nitrogen and oxygen atoms in total. The van der Waals surface area contributed by atoms with Gasteiger partial charge in [-0.1, -0.05) is 11.6 Å². The molecule has 0 saturated carbocycles. The summed E-state index contributed by atoms with van der Waals surface area (Å²) in [7, 11) is 0. The zero-order valence-corrected chi connectivity index (χ0v) is 12.6. The van der Waals surface area contributed by atoms with E-state index in [1.165, 1.54) is 0 Å². The van der Waals surface area contributed by atoms with E-state index in [1.54, 1.807) is 24.3 Å². The molecule has 6 heteroatoms. The lowest BCUT2D eigenvalue weighted by molar-refractivity contribution is -0.121. The van der Waals surface area contributed by atoms with Crippen molar-refractivity contribution in [3.63, 3.8) is 0 Å². The third-order valence-corrected chi connectivity index (χ3v) is 3.45. The van der Waals surface area contributed by atoms with Gasteiger partial charge in [-0.25, -0.2) is 0 Å². The molecule has 0 spiro atoms. The third kappa shape index (κ3) is 5.12. The van der Waals surface area contributed by atoms with E-state index in [0.717, 1.165) is 13.1 Å². The second kappa shape index (κ2) is 8.25. The first-order valence-electron chi connectivity index (χ1n) is 6.41. The second-order valence-corrected chi connectivity index (χ2v) is 5.19. The van der Waals surface area contributed by atoms with Crippen LogP contribution in [0.3, 0.4) is 0 Å². The SMILES string of the molecule is Cl.O=C(CCC(=O)c1ccc(Cl)cc1)NCC1CNC1. The number of hydrogen-bond acceptors (Lipinski definition) is 3. The van der Waals surface area contributed by atoms with Crippen LogP contribution in [0, 0.1) is 5.92 Å². The predicted octanol–water partition coefficient (Wildman–Crippen LogP) is 2.06. The highest BCUT2D eigenvalue weighted by Crippen LogP contribution is 2.11. The molecule has 2 rings (SSSR count). The molecule has 20 heavy (non-hydrogen) atoms. The van der Waals surface area contributed by atoms with Gasteiger partial charge in [-0.2, -0.15) is 0 Å². The molecule has 1 saturated heterocycles. The van der Waals surface area contributed by atoms with Gasteiger partial charge >= 0.3 is 0 Å². The van der Waals surface area contributed by atoms with Crippen LogP contribution in [0.5, 0.6) is 0 Å². The number of benzene rings is 1. The van der Waals surface area contributed by atoms with Crippen molar-refractivity contribution in [3.8, 4) is 0 Å². The van der Waals surface area contributed by atoms with Crippen molar-refractivity contribution < 1.29 is 9.59 Å². The van der Waals surface area contributed by atoms with Gasteiger partial charge in [0.25, 0.3) is 0 Å². The van der Waals surface area contributed by atoms with Crippen LogP contribution in [0.1, 0.15) is 23.2 Å². The monoisotopic (exact) mass is 316 g/mol. The van der Waals surface area contributed by atoms with Gasteiger partial charge < -0.3 is 10.6 Å². The van der Waals surface area contributed by atoms with Gasteiger partial charge in [0.1, 0.15) is 0 Å². The highest BCUT2D eigenvalue weighted by Gasteiger charge is 2.17. The van der Waals surface area contributed by atoms with Crippen LogP contribution in [-0.4, -0.2) is 31.3 Å². The molecule has 2 N–H and O–H groups in total. The number of halogens is 2. The van der Waals surface area contributed by atoms with Gasteiger partial charge in [-0.05, 0) is 24.3 Å². The summed E-state index contributed by atoms with van der Waals surface area (Å²) >= 11 is 5.75. The fourth-order valence-electron chi connectivity index (χ4n) is 1.85. The summed E-state index contributed by atoms with van der Waals surface area (Å²) in [6, 6.07) is 6.72. The Bertz CT molecular complexity index is 459. The Labute approximate surface area is 129 Å². The zero-order valence-electron chi connectivity index (χ0n) is 11.0. The van der Waals surface area contributed by atoms with E-state index in [9.17, 15) is 9.59 Å². The van der Waals surface area contributed by atoms with Gasteiger partial charge in [0.15, 0.2) is 5.78 Å². The van der Waals surface area contributed by atoms with Crippen LogP contribution in [0.15, 0.2) is 24.3 Å². The zero-order chi connectivity index (χ0) is 13.7. The van der Waals surface area contributed by atoms with E-state index in [-0.39, 0.29) is 36.9 Å². The molecule has 1 aliphatic heterocycles. The maximum atomic E-state index is 11.8. The largest absolute Gasteiger partial charge is 0.356 e. The highest BCUT2D eigenvalue weighted by atomic mass is 35.5. The average Bonchev–Trinajstić information content (AvgIpc) is 2.35. The normalized spacial score (nSPS) is 14.1. The van der Waals surface area contributed by atoms with Gasteiger partial charge in [0.2, 0.25) is 5.91 Å². The van der Waals surface area contributed by atoms with Crippen LogP contribution in [-0.2, 0) is 4.79 Å². The van der Waals surface area contributed by atoms with E-state index >= 15 is 0 Å². The van der Waals surface area contributed by atoms with Crippen molar-refractivity contribution >= 4 is 35.7 Å². The molecule has 1 aromatic carbocycles. The summed E-state index contributed by atoms with van der Waals surface area (Å²) in [5, 5.41) is 6.59. The Morgan fingerprint density at radius 2 is 1.85 bits per heavy atom. The number of amides is 1. The highest BCUT2D eigenvalue weighted by molar-refractivity contribution is 6.30. The Morgan fingerprint density at radius 3 is 2.40 bits per heavy atom. The lowest BCUT2D eigenvalue weighted by Gasteiger charge is -2.27. The van der Waals surface area contributed by atoms with Crippen LogP contribution >= 0.6 is 24.0 Å². The van der Waals surface area contributed by atoms with Crippen molar-refractivity contribution in [1.29, 1.82) is 0 Å². The first-order chi connectivity index (χ1) is 9.15. The third-order valence-electron chi connectivity index (χ3n) is 3.20. The van der Waals surface area contributed by atoms with E-state index in [0.29, 0.717) is 23.0 Å². The topological polar surface area (TPSA) is 58.2 Å². The number of carbonyl (C=O) groups is 2. The average molecular weight is 317 g/mol. The smallest absolute Gasteiger partial charge is 0.220 e. The quantitative estimate of drug-likeness (QED) is 0.790. The summed E-state index contributed by atoms with van der Waals surface area (Å²) < 4.78 is 0. The Balaban J connectivity index is 0.00000200. The molecule has 1 fully saturated rings. The molecule has 0 unspecified atom stereocenters. The Hall–Kier alpha value is -1.10. The van der Waals surface area contributed by atoms with E-state index in [1.807, 2.05) is 0 Å². The number of ketones is 1. The summed E-state index contributed by atoms with van der Waals surface area (Å²) in [5.74, 6) is 0.447. The van der Waals surface area contributed by atoms with E-state index < -0.39 is 0 Å². The minimum atomic E-state index is -0.0609. The standard InChI is InChI=1S/C14H17ClN2O2.ClH/c15-12-3-1-11(2-4-12)13(18)5-6-14(19)17-9-10-7-16-8-10;/h1-4,10,16H,5-9H2,(H,17,19);1H. The number of Topliss-reactive ketones (excluding diaryl/α,β-unsaturated/α-hetero) is 1. The maximum Gasteiger partial charge on any atom is 0.220 e. The second-order valence-electron chi connectivity index (χ2n) is 4.76. The Morgan fingerprint density at radius 1 is 1.20 bits per heavy atom. The summed E-state index contributed by atoms with van der Waals surface area (Å²) in [6.45, 7) is 2.62. The Kier molecular flexibility index (Phi) is 6.99. The fraction of sp³-hybridized carbons (Fsp3) is 0.429. The van der Waals surface area contributed by atoms with Crippen LogP contribution in [0.2, 0.25) is 5.02 Å². The minimum absolute atomic E-state index is 0. The maximum absolute atomic E-state index is 11.8. The van der Waals surface area contributed by atoms with Crippen molar-refractivity contribution in [1.82, 2.24) is 10.6 Å². The van der Waals surface area contributed by atoms with Crippen LogP contribution < -0.4 is 10.6 Å². The van der Waals surface area contributed by atoms with Gasteiger partial charge in [0.05, 0.1) is 0 Å². The van der Waals surface area contributed by atoms with Gasteiger partial charge in [-0.3, -0.25) is 9.59 Å². The lowest BCUT2D eigenvalue weighted by atomic mass is 10.0. The number of carbonyl (C=O) groups excluding carboxylic acids is 2. The molecule has 1 heterocycles. The number of rotatable bonds is 6. The van der Waals surface area contributed by atoms with Crippen LogP contribution in [0.25, 0.3) is 0 Å².